The normalized spacial score (nSPS) is 26.8. The topological polar surface area (TPSA) is 28.4 Å². The highest BCUT2D eigenvalue weighted by Crippen LogP contribution is 2.38. The van der Waals surface area contributed by atoms with Crippen LogP contribution in [0.3, 0.4) is 0 Å². The van der Waals surface area contributed by atoms with E-state index in [-0.39, 0.29) is 0 Å². The van der Waals surface area contributed by atoms with Crippen LogP contribution < -0.4 is 5.32 Å². The first-order valence-electron chi connectivity index (χ1n) is 7.20. The molecule has 2 aliphatic carbocycles. The van der Waals surface area contributed by atoms with Crippen molar-refractivity contribution in [3.63, 3.8) is 0 Å². The van der Waals surface area contributed by atoms with E-state index in [2.05, 4.69) is 36.3 Å². The largest absolute Gasteiger partial charge is 0.463 e. The molecule has 1 heterocycles. The fourth-order valence-electron chi connectivity index (χ4n) is 2.52. The van der Waals surface area contributed by atoms with Crippen molar-refractivity contribution in [1.29, 1.82) is 0 Å². The monoisotopic (exact) mass is 248 g/mol. The summed E-state index contributed by atoms with van der Waals surface area (Å²) in [5, 5.41) is 3.48. The Balaban J connectivity index is 1.43. The van der Waals surface area contributed by atoms with Gasteiger partial charge in [-0.15, -0.1) is 0 Å². The van der Waals surface area contributed by atoms with Gasteiger partial charge in [-0.1, -0.05) is 6.92 Å². The summed E-state index contributed by atoms with van der Waals surface area (Å²) >= 11 is 0. The Bertz CT molecular complexity index is 397. The van der Waals surface area contributed by atoms with Gasteiger partial charge in [0.15, 0.2) is 0 Å². The molecule has 3 nitrogen and oxygen atoms in total. The van der Waals surface area contributed by atoms with Gasteiger partial charge in [-0.3, -0.25) is 4.90 Å². The van der Waals surface area contributed by atoms with Crippen LogP contribution in [0.2, 0.25) is 0 Å². The molecule has 0 spiro atoms. The van der Waals surface area contributed by atoms with E-state index < -0.39 is 0 Å². The number of hydrogen-bond acceptors (Lipinski definition) is 3. The number of nitrogens with zero attached hydrogens (tertiary/aromatic N) is 1. The van der Waals surface area contributed by atoms with E-state index in [4.69, 9.17) is 4.42 Å². The summed E-state index contributed by atoms with van der Waals surface area (Å²) in [6.45, 7) is 5.37. The van der Waals surface area contributed by atoms with E-state index in [0.29, 0.717) is 0 Å². The molecule has 2 aliphatic rings. The molecule has 0 aromatic carbocycles. The molecule has 2 saturated carbocycles. The van der Waals surface area contributed by atoms with Crippen LogP contribution in [0, 0.1) is 11.8 Å². The summed E-state index contributed by atoms with van der Waals surface area (Å²) in [5.41, 5.74) is 0. The Hall–Kier alpha value is -0.800. The van der Waals surface area contributed by atoms with Crippen LogP contribution in [0.15, 0.2) is 16.5 Å². The van der Waals surface area contributed by atoms with E-state index in [1.807, 2.05) is 0 Å². The smallest absolute Gasteiger partial charge is 0.118 e. The van der Waals surface area contributed by atoms with Gasteiger partial charge in [0.25, 0.3) is 0 Å². The van der Waals surface area contributed by atoms with Crippen LogP contribution in [-0.4, -0.2) is 24.5 Å². The first kappa shape index (κ1) is 12.2. The summed E-state index contributed by atoms with van der Waals surface area (Å²) in [7, 11) is 2.19. The third-order valence-electron chi connectivity index (χ3n) is 4.11. The first-order chi connectivity index (χ1) is 8.70. The number of hydrogen-bond donors (Lipinski definition) is 1. The van der Waals surface area contributed by atoms with Gasteiger partial charge in [-0.2, -0.15) is 0 Å². The van der Waals surface area contributed by atoms with E-state index in [9.17, 15) is 0 Å². The SMILES string of the molecule is CC1CC1CN(C)Cc1ccc(CNC2CC2)o1. The number of nitrogens with one attached hydrogen (secondary N) is 1. The van der Waals surface area contributed by atoms with Crippen LogP contribution in [0.4, 0.5) is 0 Å². The predicted octanol–water partition coefficient (Wildman–Crippen LogP) is 2.62. The molecule has 3 rings (SSSR count). The standard InChI is InChI=1S/C15H24N2O/c1-11-7-12(11)9-17(2)10-15-6-5-14(18-15)8-16-13-3-4-13/h5-6,11-13,16H,3-4,7-10H2,1-2H3. The highest BCUT2D eigenvalue weighted by molar-refractivity contribution is 5.07. The highest BCUT2D eigenvalue weighted by Gasteiger charge is 2.33. The van der Waals surface area contributed by atoms with Crippen molar-refractivity contribution in [3.8, 4) is 0 Å². The summed E-state index contributed by atoms with van der Waals surface area (Å²) in [6.07, 6.45) is 4.06. The molecule has 2 fully saturated rings. The fourth-order valence-corrected chi connectivity index (χ4v) is 2.52. The van der Waals surface area contributed by atoms with Crippen LogP contribution >= 0.6 is 0 Å². The molecule has 0 aliphatic heterocycles. The molecule has 0 amide bonds. The number of furan rings is 1. The quantitative estimate of drug-likeness (QED) is 0.804. The highest BCUT2D eigenvalue weighted by atomic mass is 16.3. The molecular weight excluding hydrogens is 224 g/mol. The molecule has 1 aromatic heterocycles. The molecule has 2 unspecified atom stereocenters. The van der Waals surface area contributed by atoms with Crippen molar-refractivity contribution >= 4 is 0 Å². The maximum atomic E-state index is 5.86. The zero-order chi connectivity index (χ0) is 12.5. The molecule has 100 valence electrons. The van der Waals surface area contributed by atoms with Crippen LogP contribution in [0.25, 0.3) is 0 Å². The second-order valence-electron chi connectivity index (χ2n) is 6.19. The van der Waals surface area contributed by atoms with Gasteiger partial charge in [0.1, 0.15) is 11.5 Å². The zero-order valence-electron chi connectivity index (χ0n) is 11.5. The van der Waals surface area contributed by atoms with Gasteiger partial charge in [-0.05, 0) is 50.3 Å². The summed E-state index contributed by atoms with van der Waals surface area (Å²) < 4.78 is 5.86. The lowest BCUT2D eigenvalue weighted by atomic mass is 10.3. The molecule has 0 radical (unpaired) electrons. The molecule has 3 heteroatoms. The second-order valence-corrected chi connectivity index (χ2v) is 6.19. The fraction of sp³-hybridized carbons (Fsp3) is 0.733. The minimum atomic E-state index is 0.748. The van der Waals surface area contributed by atoms with Gasteiger partial charge in [0.05, 0.1) is 13.1 Å². The van der Waals surface area contributed by atoms with Gasteiger partial charge < -0.3 is 9.73 Å². The average Bonchev–Trinajstić information content (AvgIpc) is 3.22. The van der Waals surface area contributed by atoms with Crippen LogP contribution in [0.1, 0.15) is 37.7 Å². The Kier molecular flexibility index (Phi) is 3.44. The summed E-state index contributed by atoms with van der Waals surface area (Å²) in [6, 6.07) is 4.98. The molecule has 1 N–H and O–H groups in total. The third kappa shape index (κ3) is 3.36. The van der Waals surface area contributed by atoms with Crippen molar-refractivity contribution < 1.29 is 4.42 Å². The van der Waals surface area contributed by atoms with Gasteiger partial charge in [0, 0.05) is 12.6 Å². The third-order valence-corrected chi connectivity index (χ3v) is 4.11. The van der Waals surface area contributed by atoms with Crippen molar-refractivity contribution in [2.75, 3.05) is 13.6 Å². The second kappa shape index (κ2) is 5.06. The number of rotatable bonds is 7. The molecule has 2 atom stereocenters. The van der Waals surface area contributed by atoms with Gasteiger partial charge >= 0.3 is 0 Å². The van der Waals surface area contributed by atoms with Crippen molar-refractivity contribution in [2.45, 2.75) is 45.3 Å². The Labute approximate surface area is 110 Å². The minimum absolute atomic E-state index is 0.748. The van der Waals surface area contributed by atoms with Crippen LogP contribution in [0.5, 0.6) is 0 Å². The lowest BCUT2D eigenvalue weighted by Gasteiger charge is -2.14. The maximum Gasteiger partial charge on any atom is 0.118 e. The Morgan fingerprint density at radius 1 is 1.33 bits per heavy atom. The Morgan fingerprint density at radius 3 is 2.72 bits per heavy atom. The van der Waals surface area contributed by atoms with Crippen molar-refractivity contribution in [1.82, 2.24) is 10.2 Å². The molecule has 0 bridgehead atoms. The van der Waals surface area contributed by atoms with Gasteiger partial charge in [0.2, 0.25) is 0 Å². The first-order valence-corrected chi connectivity index (χ1v) is 7.20. The summed E-state index contributed by atoms with van der Waals surface area (Å²) in [4.78, 5) is 2.38. The van der Waals surface area contributed by atoms with Crippen molar-refractivity contribution in [2.24, 2.45) is 11.8 Å². The van der Waals surface area contributed by atoms with E-state index in [1.165, 1.54) is 25.8 Å². The lowest BCUT2D eigenvalue weighted by Crippen LogP contribution is -2.20. The molecule has 1 aromatic rings. The molecule has 18 heavy (non-hydrogen) atoms. The van der Waals surface area contributed by atoms with E-state index in [1.54, 1.807) is 0 Å². The Morgan fingerprint density at radius 2 is 2.06 bits per heavy atom. The lowest BCUT2D eigenvalue weighted by molar-refractivity contribution is 0.275. The van der Waals surface area contributed by atoms with Crippen LogP contribution in [-0.2, 0) is 13.1 Å². The zero-order valence-corrected chi connectivity index (χ0v) is 11.5. The van der Waals surface area contributed by atoms with E-state index in [0.717, 1.165) is 42.5 Å². The maximum absolute atomic E-state index is 5.86. The average molecular weight is 248 g/mol. The van der Waals surface area contributed by atoms with Crippen molar-refractivity contribution in [3.05, 3.63) is 23.7 Å². The molecule has 0 saturated heterocycles. The summed E-state index contributed by atoms with van der Waals surface area (Å²) in [5.74, 6) is 4.02. The van der Waals surface area contributed by atoms with Gasteiger partial charge in [-0.25, -0.2) is 0 Å². The molecular formula is C15H24N2O. The minimum Gasteiger partial charge on any atom is -0.463 e. The van der Waals surface area contributed by atoms with E-state index >= 15 is 0 Å². The predicted molar refractivity (Wildman–Crippen MR) is 72.2 cm³/mol.